The van der Waals surface area contributed by atoms with Gasteiger partial charge in [0.05, 0.1) is 10.7 Å². The first-order valence-corrected chi connectivity index (χ1v) is 8.32. The first-order valence-electron chi connectivity index (χ1n) is 7.50. The quantitative estimate of drug-likeness (QED) is 0.874. The number of aryl methyl sites for hydroxylation is 1. The molecular weight excluding hydrogens is 240 g/mol. The molecule has 3 rings (SSSR count). The van der Waals surface area contributed by atoms with Crippen LogP contribution in [0.4, 0.5) is 0 Å². The maximum Gasteiger partial charge on any atom is 0.0959 e. The molecule has 0 radical (unpaired) electrons. The highest BCUT2D eigenvalue weighted by Crippen LogP contribution is 2.37. The molecule has 0 bridgehead atoms. The topological polar surface area (TPSA) is 24.9 Å². The van der Waals surface area contributed by atoms with Crippen molar-refractivity contribution in [1.82, 2.24) is 10.3 Å². The lowest BCUT2D eigenvalue weighted by atomic mass is 9.91. The van der Waals surface area contributed by atoms with Gasteiger partial charge >= 0.3 is 0 Å². The molecule has 18 heavy (non-hydrogen) atoms. The lowest BCUT2D eigenvalue weighted by Crippen LogP contribution is -2.25. The van der Waals surface area contributed by atoms with Crippen molar-refractivity contribution in [2.45, 2.75) is 70.3 Å². The average molecular weight is 264 g/mol. The minimum Gasteiger partial charge on any atom is -0.313 e. The molecule has 0 saturated heterocycles. The van der Waals surface area contributed by atoms with Crippen LogP contribution in [0.2, 0.25) is 0 Å². The second-order valence-electron chi connectivity index (χ2n) is 5.94. The molecule has 2 unspecified atom stereocenters. The molecule has 0 aromatic carbocycles. The van der Waals surface area contributed by atoms with Crippen LogP contribution in [0.3, 0.4) is 0 Å². The van der Waals surface area contributed by atoms with Crippen LogP contribution in [0.15, 0.2) is 0 Å². The van der Waals surface area contributed by atoms with Gasteiger partial charge in [-0.3, -0.25) is 0 Å². The van der Waals surface area contributed by atoms with Crippen molar-refractivity contribution < 1.29 is 0 Å². The van der Waals surface area contributed by atoms with Gasteiger partial charge in [-0.15, -0.1) is 11.3 Å². The summed E-state index contributed by atoms with van der Waals surface area (Å²) >= 11 is 1.98. The van der Waals surface area contributed by atoms with Gasteiger partial charge in [0.15, 0.2) is 0 Å². The highest BCUT2D eigenvalue weighted by Gasteiger charge is 2.28. The molecule has 1 fully saturated rings. The zero-order chi connectivity index (χ0) is 12.5. The SMILES string of the molecule is CCC(C)c1nc2c(s1)CCCC2CNC1CC1. The Morgan fingerprint density at radius 1 is 1.39 bits per heavy atom. The van der Waals surface area contributed by atoms with Gasteiger partial charge in [-0.2, -0.15) is 0 Å². The van der Waals surface area contributed by atoms with Crippen LogP contribution in [0.25, 0.3) is 0 Å². The van der Waals surface area contributed by atoms with Gasteiger partial charge in [0, 0.05) is 29.3 Å². The minimum atomic E-state index is 0.637. The fourth-order valence-electron chi connectivity index (χ4n) is 2.71. The molecule has 1 aromatic rings. The molecule has 0 amide bonds. The summed E-state index contributed by atoms with van der Waals surface area (Å²) in [6.07, 6.45) is 7.92. The molecule has 2 atom stereocenters. The second-order valence-corrected chi connectivity index (χ2v) is 7.06. The van der Waals surface area contributed by atoms with Gasteiger partial charge in [0.1, 0.15) is 0 Å². The zero-order valence-electron chi connectivity index (χ0n) is 11.5. The van der Waals surface area contributed by atoms with Gasteiger partial charge in [-0.25, -0.2) is 4.98 Å². The van der Waals surface area contributed by atoms with E-state index in [9.17, 15) is 0 Å². The molecular formula is C15H24N2S. The minimum absolute atomic E-state index is 0.637. The summed E-state index contributed by atoms with van der Waals surface area (Å²) in [7, 11) is 0. The Morgan fingerprint density at radius 3 is 2.94 bits per heavy atom. The first kappa shape index (κ1) is 12.6. The Bertz CT molecular complexity index is 409. The third-order valence-corrected chi connectivity index (χ3v) is 5.71. The van der Waals surface area contributed by atoms with Crippen molar-refractivity contribution in [2.75, 3.05) is 6.54 Å². The maximum atomic E-state index is 4.98. The number of nitrogens with zero attached hydrogens (tertiary/aromatic N) is 1. The van der Waals surface area contributed by atoms with Crippen molar-refractivity contribution in [3.8, 4) is 0 Å². The Labute approximate surface area is 114 Å². The molecule has 100 valence electrons. The molecule has 1 heterocycles. The standard InChI is InChI=1S/C15H24N2S/c1-3-10(2)15-17-14-11(9-16-12-7-8-12)5-4-6-13(14)18-15/h10-12,16H,3-9H2,1-2H3. The van der Waals surface area contributed by atoms with Gasteiger partial charge in [0.2, 0.25) is 0 Å². The number of rotatable bonds is 5. The smallest absolute Gasteiger partial charge is 0.0959 e. The van der Waals surface area contributed by atoms with E-state index in [0.29, 0.717) is 11.8 Å². The Kier molecular flexibility index (Phi) is 3.71. The number of fused-ring (bicyclic) bond motifs is 1. The van der Waals surface area contributed by atoms with Crippen LogP contribution in [0.1, 0.15) is 73.4 Å². The predicted molar refractivity (Wildman–Crippen MR) is 77.5 cm³/mol. The van der Waals surface area contributed by atoms with E-state index < -0.39 is 0 Å². The van der Waals surface area contributed by atoms with E-state index in [2.05, 4.69) is 19.2 Å². The number of nitrogens with one attached hydrogen (secondary N) is 1. The van der Waals surface area contributed by atoms with Crippen molar-refractivity contribution in [1.29, 1.82) is 0 Å². The van der Waals surface area contributed by atoms with E-state index in [-0.39, 0.29) is 0 Å². The molecule has 0 aliphatic heterocycles. The lowest BCUT2D eigenvalue weighted by Gasteiger charge is -2.21. The highest BCUT2D eigenvalue weighted by molar-refractivity contribution is 7.11. The molecule has 1 N–H and O–H groups in total. The maximum absolute atomic E-state index is 4.98. The van der Waals surface area contributed by atoms with Gasteiger partial charge in [-0.1, -0.05) is 13.8 Å². The number of hydrogen-bond donors (Lipinski definition) is 1. The molecule has 2 aliphatic carbocycles. The monoisotopic (exact) mass is 264 g/mol. The fourth-order valence-corrected chi connectivity index (χ4v) is 4.03. The number of hydrogen-bond acceptors (Lipinski definition) is 3. The lowest BCUT2D eigenvalue weighted by molar-refractivity contribution is 0.499. The Morgan fingerprint density at radius 2 is 2.22 bits per heavy atom. The average Bonchev–Trinajstić information content (AvgIpc) is 3.12. The normalized spacial score (nSPS) is 24.9. The summed E-state index contributed by atoms with van der Waals surface area (Å²) in [6, 6.07) is 0.822. The van der Waals surface area contributed by atoms with E-state index in [1.807, 2.05) is 11.3 Å². The first-order chi connectivity index (χ1) is 8.78. The van der Waals surface area contributed by atoms with Crippen molar-refractivity contribution in [3.63, 3.8) is 0 Å². The summed E-state index contributed by atoms with van der Waals surface area (Å²) in [6.45, 7) is 5.72. The van der Waals surface area contributed by atoms with Crippen LogP contribution >= 0.6 is 11.3 Å². The zero-order valence-corrected chi connectivity index (χ0v) is 12.4. The van der Waals surface area contributed by atoms with E-state index >= 15 is 0 Å². The summed E-state index contributed by atoms with van der Waals surface area (Å²) in [4.78, 5) is 6.56. The highest BCUT2D eigenvalue weighted by atomic mass is 32.1. The Balaban J connectivity index is 1.73. The molecule has 0 spiro atoms. The summed E-state index contributed by atoms with van der Waals surface area (Å²) in [5.74, 6) is 1.32. The molecule has 2 nitrogen and oxygen atoms in total. The third-order valence-electron chi connectivity index (χ3n) is 4.35. The van der Waals surface area contributed by atoms with E-state index in [4.69, 9.17) is 4.98 Å². The van der Waals surface area contributed by atoms with Crippen LogP contribution in [-0.4, -0.2) is 17.6 Å². The van der Waals surface area contributed by atoms with E-state index in [0.717, 1.165) is 12.6 Å². The van der Waals surface area contributed by atoms with E-state index in [1.54, 1.807) is 4.88 Å². The van der Waals surface area contributed by atoms with Crippen molar-refractivity contribution in [2.24, 2.45) is 0 Å². The molecule has 2 aliphatic rings. The van der Waals surface area contributed by atoms with E-state index in [1.165, 1.54) is 49.2 Å². The fraction of sp³-hybridized carbons (Fsp3) is 0.800. The van der Waals surface area contributed by atoms with Crippen molar-refractivity contribution in [3.05, 3.63) is 15.6 Å². The van der Waals surface area contributed by atoms with Crippen molar-refractivity contribution >= 4 is 11.3 Å². The second kappa shape index (κ2) is 5.30. The Hall–Kier alpha value is -0.410. The molecule has 1 aromatic heterocycles. The van der Waals surface area contributed by atoms with Gasteiger partial charge in [-0.05, 0) is 38.5 Å². The molecule has 1 saturated carbocycles. The summed E-state index contributed by atoms with van der Waals surface area (Å²) in [5.41, 5.74) is 1.44. The van der Waals surface area contributed by atoms with Gasteiger partial charge in [0.25, 0.3) is 0 Å². The predicted octanol–water partition coefficient (Wildman–Crippen LogP) is 3.83. The third kappa shape index (κ3) is 2.62. The van der Waals surface area contributed by atoms with Gasteiger partial charge < -0.3 is 5.32 Å². The molecule has 3 heteroatoms. The summed E-state index contributed by atoms with van der Waals surface area (Å²) in [5, 5.41) is 5.06. The number of aromatic nitrogens is 1. The van der Waals surface area contributed by atoms with Crippen LogP contribution in [0.5, 0.6) is 0 Å². The van der Waals surface area contributed by atoms with Crippen LogP contribution in [0, 0.1) is 0 Å². The largest absolute Gasteiger partial charge is 0.313 e. The summed E-state index contributed by atoms with van der Waals surface area (Å²) < 4.78 is 0. The van der Waals surface area contributed by atoms with Crippen LogP contribution < -0.4 is 5.32 Å². The van der Waals surface area contributed by atoms with Crippen LogP contribution in [-0.2, 0) is 6.42 Å². The number of thiazole rings is 1.